The predicted molar refractivity (Wildman–Crippen MR) is 104 cm³/mol. The van der Waals surface area contributed by atoms with Gasteiger partial charge in [-0.3, -0.25) is 10.1 Å². The van der Waals surface area contributed by atoms with Crippen LogP contribution in [0.4, 0.5) is 5.69 Å². The highest BCUT2D eigenvalue weighted by Crippen LogP contribution is 2.34. The van der Waals surface area contributed by atoms with Gasteiger partial charge in [0.05, 0.1) is 5.69 Å². The van der Waals surface area contributed by atoms with Crippen molar-refractivity contribution in [1.29, 1.82) is 0 Å². The van der Waals surface area contributed by atoms with Gasteiger partial charge in [-0.2, -0.15) is 0 Å². The van der Waals surface area contributed by atoms with Gasteiger partial charge < -0.3 is 5.32 Å². The lowest BCUT2D eigenvalue weighted by molar-refractivity contribution is 0.0978. The van der Waals surface area contributed by atoms with Crippen LogP contribution in [0.25, 0.3) is 0 Å². The highest BCUT2D eigenvalue weighted by molar-refractivity contribution is 9.11. The van der Waals surface area contributed by atoms with Crippen LogP contribution in [-0.2, 0) is 0 Å². The number of anilines is 1. The third-order valence-electron chi connectivity index (χ3n) is 2.79. The number of nitrogens with one attached hydrogen (secondary N) is 2. The molecule has 0 radical (unpaired) electrons. The zero-order valence-electron chi connectivity index (χ0n) is 11.4. The highest BCUT2D eigenvalue weighted by Gasteiger charge is 2.11. The van der Waals surface area contributed by atoms with Gasteiger partial charge in [0.2, 0.25) is 0 Å². The van der Waals surface area contributed by atoms with E-state index in [1.807, 2.05) is 31.2 Å². The maximum absolute atomic E-state index is 12.1. The normalized spacial score (nSPS) is 10.2. The summed E-state index contributed by atoms with van der Waals surface area (Å²) in [7, 11) is 0. The molecule has 7 heteroatoms. The van der Waals surface area contributed by atoms with E-state index >= 15 is 0 Å². The van der Waals surface area contributed by atoms with Crippen molar-refractivity contribution in [1.82, 2.24) is 5.32 Å². The van der Waals surface area contributed by atoms with Crippen LogP contribution in [0.1, 0.15) is 15.9 Å². The van der Waals surface area contributed by atoms with Crippen molar-refractivity contribution in [3.8, 4) is 0 Å². The summed E-state index contributed by atoms with van der Waals surface area (Å²) in [5.74, 6) is -0.248. The van der Waals surface area contributed by atoms with E-state index in [0.29, 0.717) is 5.56 Å². The lowest BCUT2D eigenvalue weighted by Crippen LogP contribution is -2.34. The zero-order valence-corrected chi connectivity index (χ0v) is 17.0. The van der Waals surface area contributed by atoms with Crippen LogP contribution in [0.15, 0.2) is 49.8 Å². The van der Waals surface area contributed by atoms with E-state index < -0.39 is 0 Å². The summed E-state index contributed by atoms with van der Waals surface area (Å²) in [6.45, 7) is 1.97. The minimum atomic E-state index is -0.248. The smallest absolute Gasteiger partial charge is 0.257 e. The second-order valence-corrected chi connectivity index (χ2v) is 7.55. The van der Waals surface area contributed by atoms with E-state index in [9.17, 15) is 4.79 Å². The van der Waals surface area contributed by atoms with Gasteiger partial charge in [0, 0.05) is 19.0 Å². The minimum absolute atomic E-state index is 0.231. The first kappa shape index (κ1) is 17.6. The fourth-order valence-electron chi connectivity index (χ4n) is 1.69. The average molecular weight is 507 g/mol. The molecule has 0 saturated heterocycles. The van der Waals surface area contributed by atoms with Crippen LogP contribution in [0, 0.1) is 6.92 Å². The molecule has 2 aromatic carbocycles. The molecule has 0 saturated carbocycles. The maximum atomic E-state index is 12.1. The number of hydrogen-bond acceptors (Lipinski definition) is 2. The van der Waals surface area contributed by atoms with E-state index in [0.717, 1.165) is 24.7 Å². The molecule has 0 fully saturated rings. The molecule has 0 aliphatic carbocycles. The van der Waals surface area contributed by atoms with Crippen LogP contribution < -0.4 is 10.6 Å². The number of thiocarbonyl (C=S) groups is 1. The van der Waals surface area contributed by atoms with E-state index in [1.165, 1.54) is 0 Å². The molecule has 114 valence electrons. The zero-order chi connectivity index (χ0) is 16.3. The summed E-state index contributed by atoms with van der Waals surface area (Å²) in [5, 5.41) is 5.89. The summed E-state index contributed by atoms with van der Waals surface area (Å²) in [6.07, 6.45) is 0. The Morgan fingerprint density at radius 2 is 1.59 bits per heavy atom. The van der Waals surface area contributed by atoms with Crippen molar-refractivity contribution < 1.29 is 4.79 Å². The first-order chi connectivity index (χ1) is 10.4. The third kappa shape index (κ3) is 4.62. The van der Waals surface area contributed by atoms with Crippen molar-refractivity contribution in [2.45, 2.75) is 6.92 Å². The van der Waals surface area contributed by atoms with Gasteiger partial charge in [-0.1, -0.05) is 33.6 Å². The molecule has 2 N–H and O–H groups in total. The second kappa shape index (κ2) is 7.68. The molecule has 0 heterocycles. The molecule has 0 bridgehead atoms. The molecule has 2 aromatic rings. The molecule has 0 spiro atoms. The Morgan fingerprint density at radius 3 is 2.14 bits per heavy atom. The van der Waals surface area contributed by atoms with Crippen molar-refractivity contribution >= 4 is 76.7 Å². The Balaban J connectivity index is 2.07. The number of benzene rings is 2. The molecule has 2 rings (SSSR count). The van der Waals surface area contributed by atoms with Gasteiger partial charge in [0.25, 0.3) is 5.91 Å². The Hall–Kier alpha value is -0.760. The van der Waals surface area contributed by atoms with Crippen molar-refractivity contribution in [2.75, 3.05) is 5.32 Å². The van der Waals surface area contributed by atoms with E-state index in [1.54, 1.807) is 12.1 Å². The molecule has 0 aromatic heterocycles. The Morgan fingerprint density at radius 1 is 1.05 bits per heavy atom. The number of halogens is 3. The highest BCUT2D eigenvalue weighted by atomic mass is 79.9. The lowest BCUT2D eigenvalue weighted by atomic mass is 10.1. The first-order valence-electron chi connectivity index (χ1n) is 6.20. The molecule has 0 atom stereocenters. The average Bonchev–Trinajstić information content (AvgIpc) is 2.43. The van der Waals surface area contributed by atoms with Crippen LogP contribution in [0.5, 0.6) is 0 Å². The molecular weight excluding hydrogens is 496 g/mol. The molecule has 3 nitrogen and oxygen atoms in total. The third-order valence-corrected chi connectivity index (χ3v) is 4.70. The van der Waals surface area contributed by atoms with Gasteiger partial charge >= 0.3 is 0 Å². The largest absolute Gasteiger partial charge is 0.331 e. The quantitative estimate of drug-likeness (QED) is 0.535. The molecule has 1 amide bonds. The number of aryl methyl sites for hydroxylation is 1. The standard InChI is InChI=1S/C15H11Br3N2OS/c1-8-2-4-9(5-3-8)14(21)20-15(22)19-13-11(17)6-10(16)7-12(13)18/h2-7H,1H3,(H2,19,20,21,22). The minimum Gasteiger partial charge on any atom is -0.331 e. The lowest BCUT2D eigenvalue weighted by Gasteiger charge is -2.13. The fraction of sp³-hybridized carbons (Fsp3) is 0.0667. The van der Waals surface area contributed by atoms with Crippen LogP contribution in [-0.4, -0.2) is 11.0 Å². The number of amides is 1. The second-order valence-electron chi connectivity index (χ2n) is 4.52. The molecule has 22 heavy (non-hydrogen) atoms. The maximum Gasteiger partial charge on any atom is 0.257 e. The predicted octanol–water partition coefficient (Wildman–Crippen LogP) is 5.41. The first-order valence-corrected chi connectivity index (χ1v) is 8.99. The van der Waals surface area contributed by atoms with Gasteiger partial charge in [-0.15, -0.1) is 0 Å². The number of rotatable bonds is 2. The Labute approximate surface area is 159 Å². The van der Waals surface area contributed by atoms with Gasteiger partial charge in [0.1, 0.15) is 0 Å². The van der Waals surface area contributed by atoms with Crippen molar-refractivity contribution in [3.63, 3.8) is 0 Å². The van der Waals surface area contributed by atoms with Gasteiger partial charge in [-0.25, -0.2) is 0 Å². The van der Waals surface area contributed by atoms with Crippen molar-refractivity contribution in [3.05, 3.63) is 60.9 Å². The van der Waals surface area contributed by atoms with Crippen molar-refractivity contribution in [2.24, 2.45) is 0 Å². The number of hydrogen-bond donors (Lipinski definition) is 2. The number of carbonyl (C=O) groups is 1. The Bertz CT molecular complexity index is 709. The molecule has 0 aliphatic heterocycles. The van der Waals surface area contributed by atoms with Crippen LogP contribution in [0.2, 0.25) is 0 Å². The summed E-state index contributed by atoms with van der Waals surface area (Å²) in [4.78, 5) is 12.1. The summed E-state index contributed by atoms with van der Waals surface area (Å²) in [6, 6.07) is 11.1. The molecular formula is C15H11Br3N2OS. The van der Waals surface area contributed by atoms with E-state index in [-0.39, 0.29) is 11.0 Å². The van der Waals surface area contributed by atoms with Gasteiger partial charge in [0.15, 0.2) is 5.11 Å². The summed E-state index contributed by atoms with van der Waals surface area (Å²) in [5.41, 5.74) is 2.40. The molecule has 0 aliphatic rings. The number of carbonyl (C=O) groups excluding carboxylic acids is 1. The summed E-state index contributed by atoms with van der Waals surface area (Å²) >= 11 is 15.5. The Kier molecular flexibility index (Phi) is 6.14. The van der Waals surface area contributed by atoms with Crippen LogP contribution >= 0.6 is 60.0 Å². The topological polar surface area (TPSA) is 41.1 Å². The van der Waals surface area contributed by atoms with Crippen LogP contribution in [0.3, 0.4) is 0 Å². The monoisotopic (exact) mass is 504 g/mol. The van der Waals surface area contributed by atoms with E-state index in [4.69, 9.17) is 12.2 Å². The SMILES string of the molecule is Cc1ccc(C(=O)NC(=S)Nc2c(Br)cc(Br)cc2Br)cc1. The summed E-state index contributed by atoms with van der Waals surface area (Å²) < 4.78 is 2.56. The van der Waals surface area contributed by atoms with E-state index in [2.05, 4.69) is 58.4 Å². The van der Waals surface area contributed by atoms with Gasteiger partial charge in [-0.05, 0) is 75.3 Å². The fourth-order valence-corrected chi connectivity index (χ4v) is 4.34. The molecule has 0 unspecified atom stereocenters.